The molecule has 0 aromatic heterocycles. The molecule has 2 unspecified atom stereocenters. The molecule has 0 N–H and O–H groups in total. The van der Waals surface area contributed by atoms with Crippen molar-refractivity contribution in [2.45, 2.75) is 57.4 Å². The second-order valence-corrected chi connectivity index (χ2v) is 8.70. The Bertz CT molecular complexity index is 613. The third-order valence-corrected chi connectivity index (χ3v) is 7.15. The summed E-state index contributed by atoms with van der Waals surface area (Å²) in [4.78, 5) is 20.3. The molecule has 0 saturated heterocycles. The lowest BCUT2D eigenvalue weighted by molar-refractivity contribution is -0.137. The zero-order valence-corrected chi connectivity index (χ0v) is 15.0. The van der Waals surface area contributed by atoms with Crippen molar-refractivity contribution in [2.24, 2.45) is 16.3 Å². The Morgan fingerprint density at radius 1 is 1.39 bits per heavy atom. The molecule has 2 atom stereocenters. The van der Waals surface area contributed by atoms with E-state index in [1.165, 1.54) is 36.8 Å². The summed E-state index contributed by atoms with van der Waals surface area (Å²) in [6, 6.07) is 0. The van der Waals surface area contributed by atoms with Crippen LogP contribution in [0.5, 0.6) is 0 Å². The molecule has 124 valence electrons. The Morgan fingerprint density at radius 2 is 2.17 bits per heavy atom. The Morgan fingerprint density at radius 3 is 2.91 bits per heavy atom. The molecule has 0 bridgehead atoms. The topological polar surface area (TPSA) is 32.7 Å². The van der Waals surface area contributed by atoms with Gasteiger partial charge in [-0.25, -0.2) is 0 Å². The molecule has 1 fully saturated rings. The van der Waals surface area contributed by atoms with Crippen molar-refractivity contribution in [3.63, 3.8) is 0 Å². The van der Waals surface area contributed by atoms with Crippen LogP contribution < -0.4 is 0 Å². The average Bonchev–Trinajstić information content (AvgIpc) is 3.01. The van der Waals surface area contributed by atoms with E-state index in [-0.39, 0.29) is 16.8 Å². The fraction of sp³-hybridized carbons (Fsp3) is 0.684. The molecule has 0 aromatic rings. The van der Waals surface area contributed by atoms with E-state index in [1.807, 2.05) is 11.9 Å². The smallest absolute Gasteiger partial charge is 0.234 e. The highest BCUT2D eigenvalue weighted by atomic mass is 32.2. The normalized spacial score (nSPS) is 32.2. The minimum atomic E-state index is -0.0324. The van der Waals surface area contributed by atoms with Gasteiger partial charge in [0, 0.05) is 7.05 Å². The van der Waals surface area contributed by atoms with Crippen LogP contribution >= 0.6 is 11.8 Å². The molecule has 3 nitrogen and oxygen atoms in total. The van der Waals surface area contributed by atoms with Gasteiger partial charge in [-0.1, -0.05) is 31.9 Å². The highest BCUT2D eigenvalue weighted by Gasteiger charge is 2.54. The summed E-state index contributed by atoms with van der Waals surface area (Å²) in [5.41, 5.74) is 4.15. The molecule has 1 amide bonds. The van der Waals surface area contributed by atoms with E-state index in [9.17, 15) is 4.79 Å². The van der Waals surface area contributed by atoms with E-state index >= 15 is 0 Å². The van der Waals surface area contributed by atoms with E-state index in [2.05, 4.69) is 19.1 Å². The maximum absolute atomic E-state index is 13.3. The van der Waals surface area contributed by atoms with Crippen LogP contribution in [0.4, 0.5) is 0 Å². The summed E-state index contributed by atoms with van der Waals surface area (Å²) >= 11 is 1.77. The monoisotopic (exact) mass is 330 g/mol. The van der Waals surface area contributed by atoms with E-state index in [1.54, 1.807) is 11.8 Å². The molecule has 1 spiro atoms. The quantitative estimate of drug-likeness (QED) is 0.761. The van der Waals surface area contributed by atoms with Crippen molar-refractivity contribution < 1.29 is 4.79 Å². The van der Waals surface area contributed by atoms with Crippen LogP contribution in [0.2, 0.25) is 0 Å². The molecule has 0 aromatic carbocycles. The minimum Gasteiger partial charge on any atom is -0.314 e. The lowest BCUT2D eigenvalue weighted by atomic mass is 9.60. The first kappa shape index (κ1) is 15.5. The van der Waals surface area contributed by atoms with Crippen LogP contribution in [0.15, 0.2) is 28.3 Å². The van der Waals surface area contributed by atoms with Crippen LogP contribution in [0.3, 0.4) is 0 Å². The molecule has 23 heavy (non-hydrogen) atoms. The van der Waals surface area contributed by atoms with Crippen molar-refractivity contribution >= 4 is 23.4 Å². The van der Waals surface area contributed by atoms with Crippen LogP contribution in [0.1, 0.15) is 51.9 Å². The largest absolute Gasteiger partial charge is 0.314 e. The van der Waals surface area contributed by atoms with Gasteiger partial charge in [0.1, 0.15) is 0 Å². The number of hydrogen-bond donors (Lipinski definition) is 0. The van der Waals surface area contributed by atoms with E-state index in [0.29, 0.717) is 5.91 Å². The number of carbonyl (C=O) groups is 1. The Labute approximate surface area is 143 Å². The van der Waals surface area contributed by atoms with Crippen molar-refractivity contribution in [1.82, 2.24) is 4.90 Å². The summed E-state index contributed by atoms with van der Waals surface area (Å²) in [7, 11) is 1.95. The van der Waals surface area contributed by atoms with Crippen molar-refractivity contribution in [3.8, 4) is 0 Å². The highest BCUT2D eigenvalue weighted by Crippen LogP contribution is 2.56. The van der Waals surface area contributed by atoms with Crippen LogP contribution in [0.25, 0.3) is 0 Å². The number of aliphatic imine (C=N–C) groups is 1. The second-order valence-electron chi connectivity index (χ2n) is 7.37. The van der Waals surface area contributed by atoms with Gasteiger partial charge in [0.2, 0.25) is 5.91 Å². The fourth-order valence-corrected chi connectivity index (χ4v) is 5.82. The Balaban J connectivity index is 1.85. The molecular weight excluding hydrogens is 304 g/mol. The molecular formula is C19H26N2OS. The molecule has 4 heteroatoms. The first-order valence-electron chi connectivity index (χ1n) is 9.01. The van der Waals surface area contributed by atoms with Crippen LogP contribution in [-0.2, 0) is 4.79 Å². The minimum absolute atomic E-state index is 0.0222. The Hall–Kier alpha value is -1.03. The van der Waals surface area contributed by atoms with Gasteiger partial charge in [0.05, 0.1) is 11.6 Å². The van der Waals surface area contributed by atoms with Crippen LogP contribution in [0, 0.1) is 11.3 Å². The molecule has 0 radical (unpaired) electrons. The zero-order valence-electron chi connectivity index (χ0n) is 14.2. The number of carbonyl (C=O) groups excluding carboxylic acids is 1. The molecule has 1 heterocycles. The zero-order chi connectivity index (χ0) is 16.0. The number of nitrogens with zero attached hydrogens (tertiary/aromatic N) is 2. The lowest BCUT2D eigenvalue weighted by Gasteiger charge is -2.48. The molecule has 4 aliphatic rings. The van der Waals surface area contributed by atoms with Gasteiger partial charge in [-0.2, -0.15) is 0 Å². The van der Waals surface area contributed by atoms with Crippen molar-refractivity contribution in [1.29, 1.82) is 0 Å². The fourth-order valence-electron chi connectivity index (χ4n) is 5.01. The third kappa shape index (κ3) is 2.33. The highest BCUT2D eigenvalue weighted by molar-refractivity contribution is 7.99. The number of allylic oxidation sites excluding steroid dienone is 4. The van der Waals surface area contributed by atoms with Crippen molar-refractivity contribution in [3.05, 3.63) is 23.3 Å². The van der Waals surface area contributed by atoms with Gasteiger partial charge < -0.3 is 4.90 Å². The molecule has 4 rings (SSSR count). The summed E-state index contributed by atoms with van der Waals surface area (Å²) in [6.07, 6.45) is 12.8. The van der Waals surface area contributed by atoms with E-state index < -0.39 is 0 Å². The van der Waals surface area contributed by atoms with Gasteiger partial charge >= 0.3 is 0 Å². The third-order valence-electron chi connectivity index (χ3n) is 6.10. The standard InChI is InChI=1S/C19H26N2OS/c1-3-23-18-20-16-14-9-5-4-8-13(14)12-19(10-6-7-11-19)15(16)17(22)21(18)2/h4,8,15,18H,3,5-7,9-12H2,1-2H3. The lowest BCUT2D eigenvalue weighted by Crippen LogP contribution is -2.54. The summed E-state index contributed by atoms with van der Waals surface area (Å²) in [6.45, 7) is 2.14. The maximum atomic E-state index is 13.3. The predicted molar refractivity (Wildman–Crippen MR) is 96.5 cm³/mol. The van der Waals surface area contributed by atoms with E-state index in [0.717, 1.165) is 30.7 Å². The molecule has 3 aliphatic carbocycles. The molecule has 1 aliphatic heterocycles. The first-order valence-corrected chi connectivity index (χ1v) is 10.1. The van der Waals surface area contributed by atoms with Crippen LogP contribution in [-0.4, -0.2) is 34.8 Å². The predicted octanol–water partition coefficient (Wildman–Crippen LogP) is 4.16. The number of amides is 1. The summed E-state index contributed by atoms with van der Waals surface area (Å²) < 4.78 is 0. The van der Waals surface area contributed by atoms with Gasteiger partial charge in [0.25, 0.3) is 0 Å². The van der Waals surface area contributed by atoms with Gasteiger partial charge in [-0.05, 0) is 54.4 Å². The number of hydrogen-bond acceptors (Lipinski definition) is 3. The van der Waals surface area contributed by atoms with Crippen molar-refractivity contribution in [2.75, 3.05) is 12.8 Å². The van der Waals surface area contributed by atoms with E-state index in [4.69, 9.17) is 4.99 Å². The average molecular weight is 330 g/mol. The van der Waals surface area contributed by atoms with Gasteiger partial charge in [-0.3, -0.25) is 9.79 Å². The van der Waals surface area contributed by atoms with Gasteiger partial charge in [-0.15, -0.1) is 11.8 Å². The van der Waals surface area contributed by atoms with Gasteiger partial charge in [0.15, 0.2) is 5.50 Å². The summed E-state index contributed by atoms with van der Waals surface area (Å²) in [5.74, 6) is 1.33. The number of rotatable bonds is 2. The number of thioether (sulfide) groups is 1. The maximum Gasteiger partial charge on any atom is 0.234 e. The SMILES string of the molecule is CCSC1N=C2C3=C(C=CCC3)CC3(CCCC3)C2C(=O)N1C. The molecule has 1 saturated carbocycles. The first-order chi connectivity index (χ1) is 11.2. The Kier molecular flexibility index (Phi) is 3.91. The number of fused-ring (bicyclic) bond motifs is 3. The second kappa shape index (κ2) is 5.80. The summed E-state index contributed by atoms with van der Waals surface area (Å²) in [5, 5.41) is 0.